The lowest BCUT2D eigenvalue weighted by atomic mass is 10.2. The number of nitrogens with zero attached hydrogens (tertiary/aromatic N) is 3. The maximum absolute atomic E-state index is 14.0. The van der Waals surface area contributed by atoms with Crippen molar-refractivity contribution in [3.05, 3.63) is 95.3 Å². The number of aryl methyl sites for hydroxylation is 1. The second-order valence-corrected chi connectivity index (χ2v) is 7.45. The smallest absolute Gasteiger partial charge is 0.196 e. The summed E-state index contributed by atoms with van der Waals surface area (Å²) in [6, 6.07) is 17.3. The molecule has 0 atom stereocenters. The van der Waals surface area contributed by atoms with Gasteiger partial charge in [0.1, 0.15) is 17.5 Å². The molecule has 4 aromatic rings. The number of hydrogen-bond donors (Lipinski definition) is 0. The number of benzene rings is 3. The Kier molecular flexibility index (Phi) is 5.40. The van der Waals surface area contributed by atoms with Gasteiger partial charge in [0.15, 0.2) is 11.0 Å². The van der Waals surface area contributed by atoms with Gasteiger partial charge >= 0.3 is 0 Å². The van der Waals surface area contributed by atoms with E-state index in [-0.39, 0.29) is 11.6 Å². The molecule has 0 saturated heterocycles. The molecule has 0 radical (unpaired) electrons. The summed E-state index contributed by atoms with van der Waals surface area (Å²) >= 11 is 1.29. The third-order valence-corrected chi connectivity index (χ3v) is 5.35. The van der Waals surface area contributed by atoms with E-state index in [1.54, 1.807) is 12.1 Å². The summed E-state index contributed by atoms with van der Waals surface area (Å²) in [4.78, 5) is 0. The molecule has 0 spiro atoms. The zero-order chi connectivity index (χ0) is 20.4. The van der Waals surface area contributed by atoms with Crippen molar-refractivity contribution in [2.24, 2.45) is 0 Å². The predicted octanol–water partition coefficient (Wildman–Crippen LogP) is 5.95. The highest BCUT2D eigenvalue weighted by Crippen LogP contribution is 2.30. The normalized spacial score (nSPS) is 11.0. The highest BCUT2D eigenvalue weighted by Gasteiger charge is 2.17. The highest BCUT2D eigenvalue weighted by atomic mass is 32.2. The molecule has 1 aromatic heterocycles. The first-order chi connectivity index (χ1) is 14.0. The quantitative estimate of drug-likeness (QED) is 0.380. The van der Waals surface area contributed by atoms with Gasteiger partial charge in [-0.15, -0.1) is 10.2 Å². The van der Waals surface area contributed by atoms with Crippen LogP contribution in [0.4, 0.5) is 13.2 Å². The van der Waals surface area contributed by atoms with Crippen molar-refractivity contribution in [1.82, 2.24) is 14.8 Å². The molecule has 0 aliphatic rings. The highest BCUT2D eigenvalue weighted by molar-refractivity contribution is 7.98. The van der Waals surface area contributed by atoms with Gasteiger partial charge in [0.05, 0.1) is 0 Å². The monoisotopic (exact) mass is 411 g/mol. The molecule has 0 aliphatic heterocycles. The fourth-order valence-electron chi connectivity index (χ4n) is 2.93. The van der Waals surface area contributed by atoms with E-state index >= 15 is 0 Å². The standard InChI is InChI=1S/C22H16F3N3S/c1-14-3-2-4-19(11-14)28-21(15-5-8-17(23)9-6-15)26-27-22(28)29-13-16-7-10-18(24)12-20(16)25/h2-12H,13H2,1H3. The Bertz CT molecular complexity index is 1160. The summed E-state index contributed by atoms with van der Waals surface area (Å²) in [7, 11) is 0. The Balaban J connectivity index is 1.74. The minimum Gasteiger partial charge on any atom is -0.270 e. The SMILES string of the molecule is Cc1cccc(-n2c(SCc3ccc(F)cc3F)nnc2-c2ccc(F)cc2)c1. The zero-order valence-electron chi connectivity index (χ0n) is 15.4. The maximum Gasteiger partial charge on any atom is 0.196 e. The summed E-state index contributed by atoms with van der Waals surface area (Å²) in [6.07, 6.45) is 0. The van der Waals surface area contributed by atoms with Crippen LogP contribution < -0.4 is 0 Å². The average Bonchev–Trinajstić information content (AvgIpc) is 3.12. The molecular formula is C22H16F3N3S. The van der Waals surface area contributed by atoms with E-state index in [0.29, 0.717) is 22.1 Å². The van der Waals surface area contributed by atoms with Gasteiger partial charge in [0.2, 0.25) is 0 Å². The summed E-state index contributed by atoms with van der Waals surface area (Å²) < 4.78 is 42.4. The van der Waals surface area contributed by atoms with Gasteiger partial charge < -0.3 is 0 Å². The largest absolute Gasteiger partial charge is 0.270 e. The van der Waals surface area contributed by atoms with E-state index in [0.717, 1.165) is 17.3 Å². The molecule has 7 heteroatoms. The Morgan fingerprint density at radius 3 is 2.34 bits per heavy atom. The summed E-state index contributed by atoms with van der Waals surface area (Å²) in [5.74, 6) is -0.732. The number of rotatable bonds is 5. The van der Waals surface area contributed by atoms with Crippen LogP contribution in [0, 0.1) is 24.4 Å². The molecule has 0 bridgehead atoms. The van der Waals surface area contributed by atoms with Gasteiger partial charge in [0, 0.05) is 23.1 Å². The van der Waals surface area contributed by atoms with E-state index < -0.39 is 11.6 Å². The van der Waals surface area contributed by atoms with E-state index in [9.17, 15) is 13.2 Å². The van der Waals surface area contributed by atoms with Gasteiger partial charge in [-0.25, -0.2) is 13.2 Å². The van der Waals surface area contributed by atoms with Gasteiger partial charge in [0.25, 0.3) is 0 Å². The molecule has 29 heavy (non-hydrogen) atoms. The summed E-state index contributed by atoms with van der Waals surface area (Å²) in [6.45, 7) is 1.98. The first-order valence-electron chi connectivity index (χ1n) is 8.86. The average molecular weight is 411 g/mol. The van der Waals surface area contributed by atoms with Crippen LogP contribution in [0.3, 0.4) is 0 Å². The molecule has 1 heterocycles. The minimum absolute atomic E-state index is 0.263. The van der Waals surface area contributed by atoms with E-state index in [4.69, 9.17) is 0 Å². The topological polar surface area (TPSA) is 30.7 Å². The van der Waals surface area contributed by atoms with E-state index in [1.807, 2.05) is 35.8 Å². The van der Waals surface area contributed by atoms with Crippen molar-refractivity contribution in [2.45, 2.75) is 17.8 Å². The summed E-state index contributed by atoms with van der Waals surface area (Å²) in [5, 5.41) is 9.11. The molecule has 0 unspecified atom stereocenters. The van der Waals surface area contributed by atoms with Crippen LogP contribution in [0.1, 0.15) is 11.1 Å². The molecule has 0 fully saturated rings. The molecule has 146 valence electrons. The third kappa shape index (κ3) is 4.19. The number of aromatic nitrogens is 3. The lowest BCUT2D eigenvalue weighted by Gasteiger charge is -2.11. The fourth-order valence-corrected chi connectivity index (χ4v) is 3.87. The van der Waals surface area contributed by atoms with E-state index in [2.05, 4.69) is 10.2 Å². The second-order valence-electron chi connectivity index (χ2n) is 6.51. The molecule has 3 aromatic carbocycles. The zero-order valence-corrected chi connectivity index (χ0v) is 16.3. The van der Waals surface area contributed by atoms with Crippen LogP contribution in [-0.2, 0) is 5.75 Å². The Labute approximate surface area is 170 Å². The molecule has 0 N–H and O–H groups in total. The first kappa shape index (κ1) is 19.3. The molecule has 3 nitrogen and oxygen atoms in total. The number of thioether (sulfide) groups is 1. The van der Waals surface area contributed by atoms with Crippen molar-refractivity contribution in [2.75, 3.05) is 0 Å². The van der Waals surface area contributed by atoms with Gasteiger partial charge in [-0.3, -0.25) is 4.57 Å². The number of hydrogen-bond acceptors (Lipinski definition) is 3. The Morgan fingerprint density at radius 2 is 1.62 bits per heavy atom. The van der Waals surface area contributed by atoms with Gasteiger partial charge in [-0.1, -0.05) is 30.0 Å². The van der Waals surface area contributed by atoms with Crippen molar-refractivity contribution in [1.29, 1.82) is 0 Å². The van der Waals surface area contributed by atoms with Crippen molar-refractivity contribution >= 4 is 11.8 Å². The van der Waals surface area contributed by atoms with Crippen molar-refractivity contribution < 1.29 is 13.2 Å². The van der Waals surface area contributed by atoms with Crippen LogP contribution in [0.5, 0.6) is 0 Å². The van der Waals surface area contributed by atoms with Gasteiger partial charge in [-0.2, -0.15) is 0 Å². The minimum atomic E-state index is -0.613. The van der Waals surface area contributed by atoms with Crippen LogP contribution >= 0.6 is 11.8 Å². The van der Waals surface area contributed by atoms with Crippen LogP contribution in [0.25, 0.3) is 17.1 Å². The lowest BCUT2D eigenvalue weighted by Crippen LogP contribution is -2.00. The summed E-state index contributed by atoms with van der Waals surface area (Å²) in [5.41, 5.74) is 2.98. The third-order valence-electron chi connectivity index (χ3n) is 4.37. The van der Waals surface area contributed by atoms with Crippen LogP contribution in [-0.4, -0.2) is 14.8 Å². The van der Waals surface area contributed by atoms with E-state index in [1.165, 1.54) is 36.0 Å². The molecule has 0 amide bonds. The predicted molar refractivity (Wildman–Crippen MR) is 107 cm³/mol. The molecular weight excluding hydrogens is 395 g/mol. The van der Waals surface area contributed by atoms with Crippen LogP contribution in [0.15, 0.2) is 71.9 Å². The molecule has 4 rings (SSSR count). The van der Waals surface area contributed by atoms with Crippen molar-refractivity contribution in [3.8, 4) is 17.1 Å². The molecule has 0 aliphatic carbocycles. The maximum atomic E-state index is 14.0. The Morgan fingerprint density at radius 1 is 0.862 bits per heavy atom. The number of halogens is 3. The van der Waals surface area contributed by atoms with Crippen molar-refractivity contribution in [3.63, 3.8) is 0 Å². The van der Waals surface area contributed by atoms with Crippen LogP contribution in [0.2, 0.25) is 0 Å². The Hall–Kier alpha value is -3.06. The molecule has 0 saturated carbocycles. The fraction of sp³-hybridized carbons (Fsp3) is 0.0909. The second kappa shape index (κ2) is 8.13. The lowest BCUT2D eigenvalue weighted by molar-refractivity contribution is 0.576. The van der Waals surface area contributed by atoms with Gasteiger partial charge in [-0.05, 0) is 60.5 Å². The first-order valence-corrected chi connectivity index (χ1v) is 9.85.